The highest BCUT2D eigenvalue weighted by Gasteiger charge is 2.15. The number of rotatable bonds is 8. The summed E-state index contributed by atoms with van der Waals surface area (Å²) in [5.41, 5.74) is 0.419. The van der Waals surface area contributed by atoms with E-state index in [-0.39, 0.29) is 18.7 Å². The summed E-state index contributed by atoms with van der Waals surface area (Å²) in [5.74, 6) is -0.857. The summed E-state index contributed by atoms with van der Waals surface area (Å²) in [5, 5.41) is 3.11. The lowest BCUT2D eigenvalue weighted by molar-refractivity contribution is -0.116. The summed E-state index contributed by atoms with van der Waals surface area (Å²) in [4.78, 5) is 50.1. The number of ether oxygens (including phenoxy) is 1. The molecule has 1 heterocycles. The van der Waals surface area contributed by atoms with Crippen LogP contribution in [0.2, 0.25) is 0 Å². The van der Waals surface area contributed by atoms with Crippen molar-refractivity contribution in [3.63, 3.8) is 0 Å². The van der Waals surface area contributed by atoms with Gasteiger partial charge in [-0.1, -0.05) is 25.5 Å². The molecule has 3 rings (SSSR count). The molecule has 0 unspecified atom stereocenters. The van der Waals surface area contributed by atoms with E-state index in [9.17, 15) is 19.2 Å². The molecule has 0 saturated carbocycles. The van der Waals surface area contributed by atoms with Crippen LogP contribution in [-0.2, 0) is 22.6 Å². The zero-order chi connectivity index (χ0) is 22.4. The molecular formula is C23H25N3O5. The molecule has 0 saturated heterocycles. The number of aromatic nitrogens is 2. The lowest BCUT2D eigenvalue weighted by atomic mass is 10.2. The van der Waals surface area contributed by atoms with Crippen LogP contribution in [0.15, 0.2) is 58.1 Å². The number of hydrogen-bond donors (Lipinski definition) is 1. The number of fused-ring (bicyclic) bond motifs is 1. The number of amides is 1. The second-order valence-electron chi connectivity index (χ2n) is 7.04. The zero-order valence-electron chi connectivity index (χ0n) is 17.6. The maximum absolute atomic E-state index is 13.0. The quantitative estimate of drug-likeness (QED) is 0.562. The summed E-state index contributed by atoms with van der Waals surface area (Å²) in [6, 6.07) is 13.1. The molecule has 2 aromatic carbocycles. The maximum Gasteiger partial charge on any atom is 0.338 e. The number of hydrogen-bond acceptors (Lipinski definition) is 5. The van der Waals surface area contributed by atoms with Gasteiger partial charge < -0.3 is 10.1 Å². The van der Waals surface area contributed by atoms with Crippen molar-refractivity contribution in [2.24, 2.45) is 0 Å². The van der Waals surface area contributed by atoms with E-state index in [0.717, 1.165) is 6.42 Å². The zero-order valence-corrected chi connectivity index (χ0v) is 17.6. The Bertz CT molecular complexity index is 1210. The Morgan fingerprint density at radius 1 is 0.968 bits per heavy atom. The number of anilines is 1. The molecule has 0 aliphatic carbocycles. The van der Waals surface area contributed by atoms with Crippen LogP contribution < -0.4 is 16.6 Å². The first kappa shape index (κ1) is 22.0. The Morgan fingerprint density at radius 3 is 2.35 bits per heavy atom. The second-order valence-corrected chi connectivity index (χ2v) is 7.04. The van der Waals surface area contributed by atoms with Crippen LogP contribution in [0.1, 0.15) is 37.0 Å². The van der Waals surface area contributed by atoms with E-state index in [1.54, 1.807) is 55.5 Å². The standard InChI is InChI=1S/C23H25N3O5/c1-3-5-14-25-21(28)18-8-6-7-9-19(18)26(23(25)30)15-20(27)24-17-12-10-16(11-13-17)22(29)31-4-2/h6-13H,3-5,14-15H2,1-2H3,(H,24,27). The highest BCUT2D eigenvalue weighted by molar-refractivity contribution is 5.93. The molecule has 0 aliphatic heterocycles. The Hall–Kier alpha value is -3.68. The van der Waals surface area contributed by atoms with Gasteiger partial charge in [0.25, 0.3) is 5.56 Å². The van der Waals surface area contributed by atoms with Gasteiger partial charge in [0.1, 0.15) is 6.54 Å². The van der Waals surface area contributed by atoms with Crippen LogP contribution in [0.25, 0.3) is 10.9 Å². The Kier molecular flexibility index (Phi) is 7.02. The predicted octanol–water partition coefficient (Wildman–Crippen LogP) is 2.78. The fourth-order valence-corrected chi connectivity index (χ4v) is 3.29. The van der Waals surface area contributed by atoms with Crippen molar-refractivity contribution in [1.29, 1.82) is 0 Å². The van der Waals surface area contributed by atoms with Gasteiger partial charge >= 0.3 is 11.7 Å². The lowest BCUT2D eigenvalue weighted by Crippen LogP contribution is -2.41. The van der Waals surface area contributed by atoms with Gasteiger partial charge in [-0.3, -0.25) is 18.7 Å². The van der Waals surface area contributed by atoms with Gasteiger partial charge in [-0.2, -0.15) is 0 Å². The van der Waals surface area contributed by atoms with Crippen molar-refractivity contribution in [2.45, 2.75) is 39.8 Å². The van der Waals surface area contributed by atoms with E-state index in [1.165, 1.54) is 9.13 Å². The third kappa shape index (κ3) is 4.91. The van der Waals surface area contributed by atoms with Crippen molar-refractivity contribution in [3.05, 3.63) is 74.9 Å². The molecule has 8 heteroatoms. The number of para-hydroxylation sites is 1. The largest absolute Gasteiger partial charge is 0.462 e. The molecular weight excluding hydrogens is 398 g/mol. The molecule has 0 spiro atoms. The average Bonchev–Trinajstić information content (AvgIpc) is 2.77. The number of carbonyl (C=O) groups excluding carboxylic acids is 2. The van der Waals surface area contributed by atoms with E-state index in [4.69, 9.17) is 4.74 Å². The van der Waals surface area contributed by atoms with Gasteiger partial charge in [0.05, 0.1) is 23.1 Å². The summed E-state index contributed by atoms with van der Waals surface area (Å²) >= 11 is 0. The van der Waals surface area contributed by atoms with Gasteiger partial charge in [0, 0.05) is 12.2 Å². The van der Waals surface area contributed by atoms with Gasteiger partial charge in [0.2, 0.25) is 5.91 Å². The number of nitrogens with one attached hydrogen (secondary N) is 1. The Morgan fingerprint density at radius 2 is 1.68 bits per heavy atom. The molecule has 0 atom stereocenters. The van der Waals surface area contributed by atoms with Gasteiger partial charge in [-0.25, -0.2) is 9.59 Å². The summed E-state index contributed by atoms with van der Waals surface area (Å²) in [6.45, 7) is 4.04. The fraction of sp³-hybridized carbons (Fsp3) is 0.304. The maximum atomic E-state index is 13.0. The first-order valence-electron chi connectivity index (χ1n) is 10.3. The molecule has 8 nitrogen and oxygen atoms in total. The number of carbonyl (C=O) groups is 2. The summed E-state index contributed by atoms with van der Waals surface area (Å²) in [7, 11) is 0. The normalized spacial score (nSPS) is 10.8. The summed E-state index contributed by atoms with van der Waals surface area (Å²) in [6.07, 6.45) is 1.52. The SMILES string of the molecule is CCCCn1c(=O)c2ccccc2n(CC(=O)Nc2ccc(C(=O)OCC)cc2)c1=O. The van der Waals surface area contributed by atoms with Crippen LogP contribution in [-0.4, -0.2) is 27.6 Å². The predicted molar refractivity (Wildman–Crippen MR) is 118 cm³/mol. The van der Waals surface area contributed by atoms with E-state index in [1.807, 2.05) is 6.92 Å². The Labute approximate surface area is 179 Å². The Balaban J connectivity index is 1.87. The third-order valence-corrected chi connectivity index (χ3v) is 4.85. The van der Waals surface area contributed by atoms with Crippen LogP contribution >= 0.6 is 0 Å². The van der Waals surface area contributed by atoms with Crippen molar-refractivity contribution < 1.29 is 14.3 Å². The molecule has 1 aromatic heterocycles. The van der Waals surface area contributed by atoms with Gasteiger partial charge in [0.15, 0.2) is 0 Å². The van der Waals surface area contributed by atoms with Gasteiger partial charge in [-0.15, -0.1) is 0 Å². The molecule has 1 N–H and O–H groups in total. The van der Waals surface area contributed by atoms with Crippen molar-refractivity contribution >= 4 is 28.5 Å². The second kappa shape index (κ2) is 9.88. The van der Waals surface area contributed by atoms with Crippen molar-refractivity contribution in [3.8, 4) is 0 Å². The molecule has 31 heavy (non-hydrogen) atoms. The molecule has 0 fully saturated rings. The third-order valence-electron chi connectivity index (χ3n) is 4.85. The first-order valence-corrected chi connectivity index (χ1v) is 10.3. The minimum atomic E-state index is -0.509. The molecule has 0 aliphatic rings. The number of esters is 1. The molecule has 162 valence electrons. The smallest absolute Gasteiger partial charge is 0.338 e. The lowest BCUT2D eigenvalue weighted by Gasteiger charge is -2.14. The molecule has 0 bridgehead atoms. The van der Waals surface area contributed by atoms with Crippen LogP contribution in [0.5, 0.6) is 0 Å². The van der Waals surface area contributed by atoms with E-state index in [2.05, 4.69) is 5.32 Å². The van der Waals surface area contributed by atoms with Crippen molar-refractivity contribution in [1.82, 2.24) is 9.13 Å². The van der Waals surface area contributed by atoms with Gasteiger partial charge in [-0.05, 0) is 49.7 Å². The minimum absolute atomic E-state index is 0.245. The topological polar surface area (TPSA) is 99.4 Å². The van der Waals surface area contributed by atoms with Crippen LogP contribution in [0.3, 0.4) is 0 Å². The van der Waals surface area contributed by atoms with E-state index >= 15 is 0 Å². The highest BCUT2D eigenvalue weighted by Crippen LogP contribution is 2.12. The first-order chi connectivity index (χ1) is 15.0. The van der Waals surface area contributed by atoms with Crippen LogP contribution in [0.4, 0.5) is 5.69 Å². The van der Waals surface area contributed by atoms with Crippen LogP contribution in [0, 0.1) is 0 Å². The minimum Gasteiger partial charge on any atom is -0.462 e. The molecule has 0 radical (unpaired) electrons. The highest BCUT2D eigenvalue weighted by atomic mass is 16.5. The van der Waals surface area contributed by atoms with Crippen molar-refractivity contribution in [2.75, 3.05) is 11.9 Å². The number of nitrogens with zero attached hydrogens (tertiary/aromatic N) is 2. The van der Waals surface area contributed by atoms with E-state index < -0.39 is 17.6 Å². The summed E-state index contributed by atoms with van der Waals surface area (Å²) < 4.78 is 7.44. The fourth-order valence-electron chi connectivity index (χ4n) is 3.29. The monoisotopic (exact) mass is 423 g/mol. The number of unbranched alkanes of at least 4 members (excludes halogenated alkanes) is 1. The molecule has 1 amide bonds. The average molecular weight is 423 g/mol. The molecule has 3 aromatic rings. The number of benzene rings is 2. The van der Waals surface area contributed by atoms with E-state index in [0.29, 0.717) is 35.1 Å².